The SMILES string of the molecule is Cc1ccc(S(=O)(=O)C2CCC(O)(C#Cc3ccccc3)CC2)cc1. The third kappa shape index (κ3) is 4.12. The Morgan fingerprint density at radius 3 is 2.20 bits per heavy atom. The van der Waals surface area contributed by atoms with Gasteiger partial charge in [-0.3, -0.25) is 0 Å². The summed E-state index contributed by atoms with van der Waals surface area (Å²) in [5.74, 6) is 5.94. The molecule has 0 heterocycles. The average molecular weight is 354 g/mol. The molecule has 0 atom stereocenters. The van der Waals surface area contributed by atoms with Crippen molar-refractivity contribution in [1.29, 1.82) is 0 Å². The number of benzene rings is 2. The number of hydrogen-bond acceptors (Lipinski definition) is 3. The van der Waals surface area contributed by atoms with E-state index in [1.54, 1.807) is 12.1 Å². The molecule has 25 heavy (non-hydrogen) atoms. The molecule has 2 aromatic carbocycles. The van der Waals surface area contributed by atoms with Crippen molar-refractivity contribution in [2.75, 3.05) is 0 Å². The Kier molecular flexibility index (Phi) is 4.99. The predicted octanol–water partition coefficient (Wildman–Crippen LogP) is 3.49. The van der Waals surface area contributed by atoms with E-state index in [4.69, 9.17) is 0 Å². The molecule has 0 aliphatic heterocycles. The van der Waals surface area contributed by atoms with Crippen LogP contribution in [0, 0.1) is 18.8 Å². The van der Waals surface area contributed by atoms with Gasteiger partial charge in [0.1, 0.15) is 5.60 Å². The molecule has 0 spiro atoms. The van der Waals surface area contributed by atoms with Crippen LogP contribution in [0.3, 0.4) is 0 Å². The molecule has 130 valence electrons. The smallest absolute Gasteiger partial charge is 0.181 e. The lowest BCUT2D eigenvalue weighted by Crippen LogP contribution is -2.37. The van der Waals surface area contributed by atoms with Crippen molar-refractivity contribution in [2.45, 2.75) is 48.4 Å². The quantitative estimate of drug-likeness (QED) is 0.840. The maximum absolute atomic E-state index is 12.8. The van der Waals surface area contributed by atoms with Gasteiger partial charge in [-0.1, -0.05) is 47.7 Å². The van der Waals surface area contributed by atoms with E-state index < -0.39 is 20.7 Å². The second kappa shape index (κ2) is 7.03. The van der Waals surface area contributed by atoms with Gasteiger partial charge >= 0.3 is 0 Å². The molecule has 4 heteroatoms. The molecule has 0 amide bonds. The molecule has 0 saturated heterocycles. The number of hydrogen-bond donors (Lipinski definition) is 1. The summed E-state index contributed by atoms with van der Waals surface area (Å²) in [7, 11) is -3.36. The first kappa shape index (κ1) is 17.7. The van der Waals surface area contributed by atoms with Crippen LogP contribution >= 0.6 is 0 Å². The van der Waals surface area contributed by atoms with Crippen molar-refractivity contribution in [3.63, 3.8) is 0 Å². The zero-order chi connectivity index (χ0) is 17.9. The first-order valence-corrected chi connectivity index (χ1v) is 10.0. The average Bonchev–Trinajstić information content (AvgIpc) is 2.62. The van der Waals surface area contributed by atoms with Crippen molar-refractivity contribution >= 4 is 9.84 Å². The van der Waals surface area contributed by atoms with E-state index in [9.17, 15) is 13.5 Å². The molecule has 2 aromatic rings. The van der Waals surface area contributed by atoms with Gasteiger partial charge in [-0.15, -0.1) is 0 Å². The zero-order valence-electron chi connectivity index (χ0n) is 14.3. The van der Waals surface area contributed by atoms with Crippen LogP contribution in [0.15, 0.2) is 59.5 Å². The first-order chi connectivity index (χ1) is 11.9. The molecule has 1 saturated carbocycles. The van der Waals surface area contributed by atoms with E-state index in [1.807, 2.05) is 49.4 Å². The molecule has 1 aliphatic rings. The maximum Gasteiger partial charge on any atom is 0.181 e. The molecule has 1 N–H and O–H groups in total. The molecular weight excluding hydrogens is 332 g/mol. The Labute approximate surface area is 149 Å². The molecule has 0 bridgehead atoms. The summed E-state index contributed by atoms with van der Waals surface area (Å²) in [6, 6.07) is 16.5. The van der Waals surface area contributed by atoms with Gasteiger partial charge in [0.15, 0.2) is 9.84 Å². The molecule has 3 nitrogen and oxygen atoms in total. The van der Waals surface area contributed by atoms with Crippen molar-refractivity contribution in [2.24, 2.45) is 0 Å². The molecule has 1 aliphatic carbocycles. The normalized spacial score (nSPS) is 23.5. The number of sulfone groups is 1. The Hall–Kier alpha value is -2.09. The fourth-order valence-corrected chi connectivity index (χ4v) is 4.89. The molecule has 1 fully saturated rings. The third-order valence-electron chi connectivity index (χ3n) is 4.76. The third-order valence-corrected chi connectivity index (χ3v) is 7.04. The van der Waals surface area contributed by atoms with Crippen LogP contribution in [0.5, 0.6) is 0 Å². The van der Waals surface area contributed by atoms with E-state index in [2.05, 4.69) is 11.8 Å². The lowest BCUT2D eigenvalue weighted by atomic mass is 9.85. The van der Waals surface area contributed by atoms with Crippen LogP contribution in [-0.2, 0) is 9.84 Å². The van der Waals surface area contributed by atoms with Gasteiger partial charge < -0.3 is 5.11 Å². The van der Waals surface area contributed by atoms with Crippen molar-refractivity contribution in [3.8, 4) is 11.8 Å². The van der Waals surface area contributed by atoms with Crippen LogP contribution in [0.1, 0.15) is 36.8 Å². The first-order valence-electron chi connectivity index (χ1n) is 8.50. The minimum absolute atomic E-state index is 0.365. The highest BCUT2D eigenvalue weighted by atomic mass is 32.2. The molecule has 0 radical (unpaired) electrons. The van der Waals surface area contributed by atoms with Crippen molar-refractivity contribution in [3.05, 3.63) is 65.7 Å². The molecule has 0 aromatic heterocycles. The van der Waals surface area contributed by atoms with Gasteiger partial charge in [0, 0.05) is 5.56 Å². The fraction of sp³-hybridized carbons (Fsp3) is 0.333. The van der Waals surface area contributed by atoms with Gasteiger partial charge in [-0.05, 0) is 56.9 Å². The van der Waals surface area contributed by atoms with Crippen molar-refractivity contribution < 1.29 is 13.5 Å². The molecule has 0 unspecified atom stereocenters. The Bertz CT molecular complexity index is 880. The van der Waals surface area contributed by atoms with E-state index in [-0.39, 0.29) is 0 Å². The predicted molar refractivity (Wildman–Crippen MR) is 98.9 cm³/mol. The van der Waals surface area contributed by atoms with Gasteiger partial charge in [0.25, 0.3) is 0 Å². The minimum Gasteiger partial charge on any atom is -0.378 e. The van der Waals surface area contributed by atoms with Crippen molar-refractivity contribution in [1.82, 2.24) is 0 Å². The maximum atomic E-state index is 12.8. The van der Waals surface area contributed by atoms with Gasteiger partial charge in [0.05, 0.1) is 10.1 Å². The second-order valence-corrected chi connectivity index (χ2v) is 8.93. The van der Waals surface area contributed by atoms with Crippen LogP contribution in [0.25, 0.3) is 0 Å². The Balaban J connectivity index is 1.71. The van der Waals surface area contributed by atoms with Crippen LogP contribution in [0.2, 0.25) is 0 Å². The summed E-state index contributed by atoms with van der Waals surface area (Å²) < 4.78 is 25.5. The zero-order valence-corrected chi connectivity index (χ0v) is 15.1. The van der Waals surface area contributed by atoms with Gasteiger partial charge in [-0.2, -0.15) is 0 Å². The monoisotopic (exact) mass is 354 g/mol. The van der Waals surface area contributed by atoms with E-state index in [0.717, 1.165) is 11.1 Å². The van der Waals surface area contributed by atoms with Crippen LogP contribution < -0.4 is 0 Å². The topological polar surface area (TPSA) is 54.4 Å². The van der Waals surface area contributed by atoms with E-state index in [0.29, 0.717) is 30.6 Å². The lowest BCUT2D eigenvalue weighted by Gasteiger charge is -2.32. The number of aliphatic hydroxyl groups is 1. The summed E-state index contributed by atoms with van der Waals surface area (Å²) in [6.45, 7) is 1.93. The minimum atomic E-state index is -3.36. The number of aryl methyl sites for hydroxylation is 1. The van der Waals surface area contributed by atoms with Crippen LogP contribution in [-0.4, -0.2) is 24.4 Å². The van der Waals surface area contributed by atoms with Gasteiger partial charge in [0.2, 0.25) is 0 Å². The summed E-state index contributed by atoms with van der Waals surface area (Å²) >= 11 is 0. The largest absolute Gasteiger partial charge is 0.378 e. The number of rotatable bonds is 2. The second-order valence-electron chi connectivity index (χ2n) is 6.71. The highest BCUT2D eigenvalue weighted by Crippen LogP contribution is 2.34. The lowest BCUT2D eigenvalue weighted by molar-refractivity contribution is 0.0619. The molecule has 3 rings (SSSR count). The summed E-state index contributed by atoms with van der Waals surface area (Å²) in [5, 5.41) is 10.2. The Morgan fingerprint density at radius 1 is 1.00 bits per heavy atom. The Morgan fingerprint density at radius 2 is 1.60 bits per heavy atom. The molecular formula is C21H22O3S. The highest BCUT2D eigenvalue weighted by Gasteiger charge is 2.37. The van der Waals surface area contributed by atoms with Crippen LogP contribution in [0.4, 0.5) is 0 Å². The highest BCUT2D eigenvalue weighted by molar-refractivity contribution is 7.92. The fourth-order valence-electron chi connectivity index (χ4n) is 3.13. The van der Waals surface area contributed by atoms with E-state index >= 15 is 0 Å². The van der Waals surface area contributed by atoms with E-state index in [1.165, 1.54) is 0 Å². The standard InChI is InChI=1S/C21H22O3S/c1-17-7-9-19(10-8-17)25(23,24)20-12-15-21(22,16-13-20)14-11-18-5-3-2-4-6-18/h2-10,20,22H,12-13,15-16H2,1H3. The summed E-state index contributed by atoms with van der Waals surface area (Å²) in [4.78, 5) is 0.365. The summed E-state index contributed by atoms with van der Waals surface area (Å²) in [5.41, 5.74) is 0.785. The summed E-state index contributed by atoms with van der Waals surface area (Å²) in [6.07, 6.45) is 1.61. The van der Waals surface area contributed by atoms with Gasteiger partial charge in [-0.25, -0.2) is 8.42 Å².